The Hall–Kier alpha value is -1.33. The van der Waals surface area contributed by atoms with Gasteiger partial charge in [-0.15, -0.1) is 6.58 Å². The molecule has 5 nitrogen and oxygen atoms in total. The van der Waals surface area contributed by atoms with E-state index in [9.17, 15) is 4.79 Å². The Morgan fingerprint density at radius 1 is 1.67 bits per heavy atom. The van der Waals surface area contributed by atoms with E-state index >= 15 is 0 Å². The molecule has 1 N–H and O–H groups in total. The molecule has 0 radical (unpaired) electrons. The molecular formula is C15H23ClN4O. The highest BCUT2D eigenvalue weighted by atomic mass is 35.5. The minimum absolute atomic E-state index is 0.248. The van der Waals surface area contributed by atoms with Crippen molar-refractivity contribution in [2.24, 2.45) is 5.92 Å². The molecule has 1 aromatic rings. The Balaban J connectivity index is 2.19. The standard InChI is InChI=1S/C15H23ClN4O/c1-3-8-20-15(21)14(16)13(10-18-20)19(4-2)11-12-6-5-7-17-9-12/h3,10,12,17H,1,4-9,11H2,2H3. The van der Waals surface area contributed by atoms with Crippen LogP contribution < -0.4 is 15.8 Å². The average Bonchev–Trinajstić information content (AvgIpc) is 2.51. The van der Waals surface area contributed by atoms with Gasteiger partial charge in [-0.05, 0) is 38.8 Å². The van der Waals surface area contributed by atoms with Gasteiger partial charge in [0.05, 0.1) is 18.4 Å². The topological polar surface area (TPSA) is 50.2 Å². The van der Waals surface area contributed by atoms with E-state index < -0.39 is 0 Å². The first-order valence-electron chi connectivity index (χ1n) is 7.49. The summed E-state index contributed by atoms with van der Waals surface area (Å²) in [7, 11) is 0. The van der Waals surface area contributed by atoms with Crippen molar-refractivity contribution >= 4 is 17.3 Å². The molecular weight excluding hydrogens is 288 g/mol. The molecule has 1 aliphatic rings. The Morgan fingerprint density at radius 3 is 3.10 bits per heavy atom. The molecule has 0 aliphatic carbocycles. The van der Waals surface area contributed by atoms with Crippen LogP contribution >= 0.6 is 11.6 Å². The zero-order chi connectivity index (χ0) is 15.2. The molecule has 1 unspecified atom stereocenters. The first-order chi connectivity index (χ1) is 10.2. The maximum absolute atomic E-state index is 12.2. The molecule has 1 atom stereocenters. The van der Waals surface area contributed by atoms with E-state index in [-0.39, 0.29) is 10.6 Å². The second-order valence-corrected chi connectivity index (χ2v) is 5.75. The molecule has 0 saturated carbocycles. The summed E-state index contributed by atoms with van der Waals surface area (Å²) in [6.45, 7) is 9.89. The third-order valence-electron chi connectivity index (χ3n) is 3.87. The quantitative estimate of drug-likeness (QED) is 0.816. The van der Waals surface area contributed by atoms with Crippen molar-refractivity contribution in [3.8, 4) is 0 Å². The fourth-order valence-corrected chi connectivity index (χ4v) is 2.98. The monoisotopic (exact) mass is 310 g/mol. The minimum atomic E-state index is -0.255. The zero-order valence-corrected chi connectivity index (χ0v) is 13.3. The number of allylic oxidation sites excluding steroid dienone is 1. The van der Waals surface area contributed by atoms with Crippen molar-refractivity contribution in [2.45, 2.75) is 26.3 Å². The molecule has 1 saturated heterocycles. The predicted octanol–water partition coefficient (Wildman–Crippen LogP) is 1.91. The van der Waals surface area contributed by atoms with Crippen LogP contribution in [-0.2, 0) is 6.54 Å². The first-order valence-corrected chi connectivity index (χ1v) is 7.87. The first kappa shape index (κ1) is 16.0. The van der Waals surface area contributed by atoms with Crippen molar-refractivity contribution in [3.63, 3.8) is 0 Å². The van der Waals surface area contributed by atoms with Gasteiger partial charge in [0.15, 0.2) is 0 Å². The fraction of sp³-hybridized carbons (Fsp3) is 0.600. The van der Waals surface area contributed by atoms with Gasteiger partial charge in [-0.3, -0.25) is 4.79 Å². The second kappa shape index (κ2) is 7.61. The second-order valence-electron chi connectivity index (χ2n) is 5.37. The Labute approximate surface area is 130 Å². The summed E-state index contributed by atoms with van der Waals surface area (Å²) in [5.74, 6) is 0.588. The SMILES string of the molecule is C=CCn1ncc(N(CC)CC2CCCNC2)c(Cl)c1=O. The largest absolute Gasteiger partial charge is 0.369 e. The zero-order valence-electron chi connectivity index (χ0n) is 12.5. The van der Waals surface area contributed by atoms with Crippen LogP contribution in [0.25, 0.3) is 0 Å². The average molecular weight is 311 g/mol. The van der Waals surface area contributed by atoms with Gasteiger partial charge in [-0.25, -0.2) is 4.68 Å². The highest BCUT2D eigenvalue weighted by Crippen LogP contribution is 2.23. The molecule has 6 heteroatoms. The summed E-state index contributed by atoms with van der Waals surface area (Å²) in [5.41, 5.74) is 0.476. The summed E-state index contributed by atoms with van der Waals surface area (Å²) in [6, 6.07) is 0. The number of hydrogen-bond donors (Lipinski definition) is 1. The lowest BCUT2D eigenvalue weighted by Crippen LogP contribution is -2.39. The van der Waals surface area contributed by atoms with Crippen LogP contribution in [0.15, 0.2) is 23.6 Å². The Kier molecular flexibility index (Phi) is 5.82. The molecule has 1 aromatic heterocycles. The lowest BCUT2D eigenvalue weighted by Gasteiger charge is -2.31. The number of nitrogens with zero attached hydrogens (tertiary/aromatic N) is 3. The van der Waals surface area contributed by atoms with Crippen molar-refractivity contribution in [1.82, 2.24) is 15.1 Å². The van der Waals surface area contributed by atoms with Crippen LogP contribution in [0, 0.1) is 5.92 Å². The lowest BCUT2D eigenvalue weighted by molar-refractivity contribution is 0.378. The van der Waals surface area contributed by atoms with Gasteiger partial charge in [0.25, 0.3) is 5.56 Å². The molecule has 1 fully saturated rings. The molecule has 0 aromatic carbocycles. The summed E-state index contributed by atoms with van der Waals surface area (Å²) in [5, 5.41) is 7.84. The van der Waals surface area contributed by atoms with Crippen molar-refractivity contribution in [1.29, 1.82) is 0 Å². The summed E-state index contributed by atoms with van der Waals surface area (Å²) in [6.07, 6.45) is 5.74. The molecule has 21 heavy (non-hydrogen) atoms. The molecule has 2 heterocycles. The van der Waals surface area contributed by atoms with Gasteiger partial charge in [-0.2, -0.15) is 5.10 Å². The van der Waals surface area contributed by atoms with Crippen molar-refractivity contribution < 1.29 is 0 Å². The molecule has 2 rings (SSSR count). The summed E-state index contributed by atoms with van der Waals surface area (Å²) in [4.78, 5) is 14.3. The third-order valence-corrected chi connectivity index (χ3v) is 4.22. The molecule has 116 valence electrons. The van der Waals surface area contributed by atoms with E-state index in [0.29, 0.717) is 12.5 Å². The van der Waals surface area contributed by atoms with Gasteiger partial charge < -0.3 is 10.2 Å². The van der Waals surface area contributed by atoms with Crippen LogP contribution in [0.4, 0.5) is 5.69 Å². The van der Waals surface area contributed by atoms with E-state index in [1.54, 1.807) is 12.3 Å². The number of aromatic nitrogens is 2. The van der Waals surface area contributed by atoms with Gasteiger partial charge in [0.1, 0.15) is 5.02 Å². The van der Waals surface area contributed by atoms with E-state index in [0.717, 1.165) is 31.9 Å². The van der Waals surface area contributed by atoms with E-state index in [4.69, 9.17) is 11.6 Å². The summed E-state index contributed by atoms with van der Waals surface area (Å²) < 4.78 is 1.33. The maximum Gasteiger partial charge on any atom is 0.287 e. The number of nitrogens with one attached hydrogen (secondary N) is 1. The number of anilines is 1. The van der Waals surface area contributed by atoms with E-state index in [1.165, 1.54) is 17.5 Å². The molecule has 1 aliphatic heterocycles. The van der Waals surface area contributed by atoms with Crippen LogP contribution in [0.5, 0.6) is 0 Å². The summed E-state index contributed by atoms with van der Waals surface area (Å²) >= 11 is 6.26. The van der Waals surface area contributed by atoms with Gasteiger partial charge >= 0.3 is 0 Å². The number of hydrogen-bond acceptors (Lipinski definition) is 4. The molecule has 0 spiro atoms. The van der Waals surface area contributed by atoms with E-state index in [2.05, 4.69) is 28.8 Å². The van der Waals surface area contributed by atoms with Gasteiger partial charge in [0, 0.05) is 13.1 Å². The number of halogens is 1. The third kappa shape index (κ3) is 3.86. The number of piperidine rings is 1. The van der Waals surface area contributed by atoms with Crippen LogP contribution in [0.3, 0.4) is 0 Å². The Bertz CT molecular complexity index is 537. The normalized spacial score (nSPS) is 18.5. The highest BCUT2D eigenvalue weighted by molar-refractivity contribution is 6.33. The van der Waals surface area contributed by atoms with Crippen LogP contribution in [0.1, 0.15) is 19.8 Å². The maximum atomic E-state index is 12.2. The number of rotatable bonds is 6. The highest BCUT2D eigenvalue weighted by Gasteiger charge is 2.19. The predicted molar refractivity (Wildman–Crippen MR) is 87.2 cm³/mol. The van der Waals surface area contributed by atoms with Crippen molar-refractivity contribution in [2.75, 3.05) is 31.1 Å². The van der Waals surface area contributed by atoms with Crippen LogP contribution in [-0.4, -0.2) is 36.0 Å². The van der Waals surface area contributed by atoms with Crippen molar-refractivity contribution in [3.05, 3.63) is 34.2 Å². The van der Waals surface area contributed by atoms with Gasteiger partial charge in [-0.1, -0.05) is 17.7 Å². The Morgan fingerprint density at radius 2 is 2.48 bits per heavy atom. The minimum Gasteiger partial charge on any atom is -0.369 e. The van der Waals surface area contributed by atoms with Crippen LogP contribution in [0.2, 0.25) is 5.02 Å². The lowest BCUT2D eigenvalue weighted by atomic mass is 9.99. The van der Waals surface area contributed by atoms with E-state index in [1.807, 2.05) is 0 Å². The smallest absolute Gasteiger partial charge is 0.287 e. The fourth-order valence-electron chi connectivity index (χ4n) is 2.72. The molecule has 0 amide bonds. The van der Waals surface area contributed by atoms with Gasteiger partial charge in [0.2, 0.25) is 0 Å². The molecule has 0 bridgehead atoms.